The summed E-state index contributed by atoms with van der Waals surface area (Å²) < 4.78 is 0. The molecule has 1 aliphatic rings. The molecule has 2 heterocycles. The van der Waals surface area contributed by atoms with E-state index in [1.54, 1.807) is 19.4 Å². The number of amides is 1. The average molecular weight is 277 g/mol. The van der Waals surface area contributed by atoms with Gasteiger partial charge in [0.2, 0.25) is 5.91 Å². The van der Waals surface area contributed by atoms with Crippen LogP contribution in [0.2, 0.25) is 0 Å². The van der Waals surface area contributed by atoms with Crippen LogP contribution in [-0.2, 0) is 11.2 Å². The highest BCUT2D eigenvalue weighted by atomic mass is 16.2. The number of nitrogen functional groups attached to an aromatic ring is 1. The van der Waals surface area contributed by atoms with E-state index in [1.165, 1.54) is 0 Å². The Hall–Kier alpha value is -1.69. The van der Waals surface area contributed by atoms with Gasteiger partial charge in [-0.05, 0) is 38.6 Å². The van der Waals surface area contributed by atoms with E-state index in [2.05, 4.69) is 15.3 Å². The van der Waals surface area contributed by atoms with Crippen molar-refractivity contribution in [3.8, 4) is 0 Å². The first-order chi connectivity index (χ1) is 9.69. The highest BCUT2D eigenvalue weighted by Gasteiger charge is 2.20. The van der Waals surface area contributed by atoms with Crippen molar-refractivity contribution < 1.29 is 4.79 Å². The zero-order valence-corrected chi connectivity index (χ0v) is 12.0. The number of carbonyl (C=O) groups excluding carboxylic acids is 1. The Kier molecular flexibility index (Phi) is 5.29. The summed E-state index contributed by atoms with van der Waals surface area (Å²) in [6, 6.07) is 0. The van der Waals surface area contributed by atoms with Gasteiger partial charge in [-0.25, -0.2) is 4.98 Å². The number of nitrogens with two attached hydrogens (primary N) is 1. The summed E-state index contributed by atoms with van der Waals surface area (Å²) in [6.45, 7) is 2.13. The standard InChI is InChI=1S/C14H23N5O/c1-16-10-14(20)19-5-2-3-11(4-6-19)7-12-8-18-13(15)9-17-12/h8-9,11,16H,2-7,10H2,1H3,(H2,15,18). The van der Waals surface area contributed by atoms with Crippen LogP contribution >= 0.6 is 0 Å². The first-order valence-electron chi connectivity index (χ1n) is 7.18. The van der Waals surface area contributed by atoms with Gasteiger partial charge in [-0.15, -0.1) is 0 Å². The molecule has 1 aliphatic heterocycles. The molecule has 3 N–H and O–H groups in total. The van der Waals surface area contributed by atoms with Gasteiger partial charge in [0, 0.05) is 13.1 Å². The summed E-state index contributed by atoms with van der Waals surface area (Å²) >= 11 is 0. The monoisotopic (exact) mass is 277 g/mol. The third kappa shape index (κ3) is 4.16. The van der Waals surface area contributed by atoms with Crippen LogP contribution in [0.4, 0.5) is 5.82 Å². The van der Waals surface area contributed by atoms with E-state index in [9.17, 15) is 4.79 Å². The second kappa shape index (κ2) is 7.19. The zero-order chi connectivity index (χ0) is 14.4. The van der Waals surface area contributed by atoms with E-state index in [-0.39, 0.29) is 5.91 Å². The van der Waals surface area contributed by atoms with Gasteiger partial charge in [-0.1, -0.05) is 0 Å². The van der Waals surface area contributed by atoms with Gasteiger partial charge < -0.3 is 16.0 Å². The number of hydrogen-bond acceptors (Lipinski definition) is 5. The Morgan fingerprint density at radius 2 is 2.25 bits per heavy atom. The van der Waals surface area contributed by atoms with E-state index in [4.69, 9.17) is 5.73 Å². The second-order valence-electron chi connectivity index (χ2n) is 5.34. The summed E-state index contributed by atoms with van der Waals surface area (Å²) in [6.07, 6.45) is 7.50. The number of nitrogens with zero attached hydrogens (tertiary/aromatic N) is 3. The molecule has 1 aromatic heterocycles. The lowest BCUT2D eigenvalue weighted by Gasteiger charge is -2.20. The van der Waals surface area contributed by atoms with Gasteiger partial charge >= 0.3 is 0 Å². The molecule has 1 atom stereocenters. The van der Waals surface area contributed by atoms with E-state index in [0.717, 1.165) is 44.5 Å². The lowest BCUT2D eigenvalue weighted by molar-refractivity contribution is -0.130. The molecule has 0 bridgehead atoms. The SMILES string of the molecule is CNCC(=O)N1CCCC(Cc2cnc(N)cn2)CC1. The molecule has 1 fully saturated rings. The number of aromatic nitrogens is 2. The maximum atomic E-state index is 11.9. The van der Waals surface area contributed by atoms with Crippen LogP contribution in [0.15, 0.2) is 12.4 Å². The molecule has 0 spiro atoms. The quantitative estimate of drug-likeness (QED) is 0.835. The van der Waals surface area contributed by atoms with Crippen LogP contribution in [0.1, 0.15) is 25.0 Å². The van der Waals surface area contributed by atoms with Crippen LogP contribution in [0.3, 0.4) is 0 Å². The number of likely N-dealkylation sites (tertiary alicyclic amines) is 1. The van der Waals surface area contributed by atoms with Crippen LogP contribution in [-0.4, -0.2) is 47.5 Å². The van der Waals surface area contributed by atoms with Gasteiger partial charge in [0.25, 0.3) is 0 Å². The number of anilines is 1. The van der Waals surface area contributed by atoms with Crippen molar-refractivity contribution in [1.82, 2.24) is 20.2 Å². The van der Waals surface area contributed by atoms with Crippen molar-refractivity contribution in [3.05, 3.63) is 18.1 Å². The molecule has 110 valence electrons. The summed E-state index contributed by atoms with van der Waals surface area (Å²) in [7, 11) is 1.80. The molecule has 1 aromatic rings. The summed E-state index contributed by atoms with van der Waals surface area (Å²) in [5, 5.41) is 2.92. The van der Waals surface area contributed by atoms with Gasteiger partial charge in [0.1, 0.15) is 5.82 Å². The number of likely N-dealkylation sites (N-methyl/N-ethyl adjacent to an activating group) is 1. The molecule has 0 aromatic carbocycles. The second-order valence-corrected chi connectivity index (χ2v) is 5.34. The summed E-state index contributed by atoms with van der Waals surface area (Å²) in [5.41, 5.74) is 6.53. The third-order valence-corrected chi connectivity index (χ3v) is 3.75. The molecule has 0 saturated carbocycles. The minimum absolute atomic E-state index is 0.195. The smallest absolute Gasteiger partial charge is 0.236 e. The number of nitrogens with one attached hydrogen (secondary N) is 1. The highest BCUT2D eigenvalue weighted by molar-refractivity contribution is 5.78. The van der Waals surface area contributed by atoms with Crippen LogP contribution in [0.5, 0.6) is 0 Å². The molecule has 20 heavy (non-hydrogen) atoms. The van der Waals surface area contributed by atoms with Crippen molar-refractivity contribution in [1.29, 1.82) is 0 Å². The average Bonchev–Trinajstić information content (AvgIpc) is 2.67. The highest BCUT2D eigenvalue weighted by Crippen LogP contribution is 2.21. The first-order valence-corrected chi connectivity index (χ1v) is 7.18. The summed E-state index contributed by atoms with van der Waals surface area (Å²) in [4.78, 5) is 22.2. The normalized spacial score (nSPS) is 19.6. The van der Waals surface area contributed by atoms with Gasteiger partial charge in [-0.2, -0.15) is 0 Å². The molecular formula is C14H23N5O. The third-order valence-electron chi connectivity index (χ3n) is 3.75. The van der Waals surface area contributed by atoms with Crippen LogP contribution in [0, 0.1) is 5.92 Å². The van der Waals surface area contributed by atoms with Gasteiger partial charge in [-0.3, -0.25) is 9.78 Å². The number of carbonyl (C=O) groups is 1. The van der Waals surface area contributed by atoms with Crippen LogP contribution < -0.4 is 11.1 Å². The van der Waals surface area contributed by atoms with Crippen molar-refractivity contribution in [2.24, 2.45) is 5.92 Å². The van der Waals surface area contributed by atoms with Crippen molar-refractivity contribution in [2.75, 3.05) is 32.4 Å². The fourth-order valence-corrected chi connectivity index (χ4v) is 2.65. The minimum Gasteiger partial charge on any atom is -0.382 e. The van der Waals surface area contributed by atoms with Crippen molar-refractivity contribution >= 4 is 11.7 Å². The van der Waals surface area contributed by atoms with Gasteiger partial charge in [0.15, 0.2) is 0 Å². The lowest BCUT2D eigenvalue weighted by Crippen LogP contribution is -2.37. The van der Waals surface area contributed by atoms with Crippen molar-refractivity contribution in [3.63, 3.8) is 0 Å². The lowest BCUT2D eigenvalue weighted by atomic mass is 9.95. The zero-order valence-electron chi connectivity index (χ0n) is 12.0. The maximum Gasteiger partial charge on any atom is 0.236 e. The fourth-order valence-electron chi connectivity index (χ4n) is 2.65. The predicted molar refractivity (Wildman–Crippen MR) is 78.0 cm³/mol. The fraction of sp³-hybridized carbons (Fsp3) is 0.643. The van der Waals surface area contributed by atoms with E-state index < -0.39 is 0 Å². The van der Waals surface area contributed by atoms with E-state index >= 15 is 0 Å². The molecule has 1 saturated heterocycles. The molecule has 0 aliphatic carbocycles. The Morgan fingerprint density at radius 3 is 2.95 bits per heavy atom. The molecule has 0 radical (unpaired) electrons. The molecule has 1 amide bonds. The first kappa shape index (κ1) is 14.7. The van der Waals surface area contributed by atoms with Crippen LogP contribution in [0.25, 0.3) is 0 Å². The van der Waals surface area contributed by atoms with Crippen molar-refractivity contribution in [2.45, 2.75) is 25.7 Å². The Balaban J connectivity index is 1.86. The Labute approximate surface area is 119 Å². The molecule has 6 heteroatoms. The van der Waals surface area contributed by atoms with E-state index in [0.29, 0.717) is 18.3 Å². The Morgan fingerprint density at radius 1 is 1.40 bits per heavy atom. The summed E-state index contributed by atoms with van der Waals surface area (Å²) in [5.74, 6) is 1.22. The topological polar surface area (TPSA) is 84.1 Å². The maximum absolute atomic E-state index is 11.9. The Bertz CT molecular complexity index is 434. The molecule has 6 nitrogen and oxygen atoms in total. The number of rotatable bonds is 4. The van der Waals surface area contributed by atoms with Gasteiger partial charge in [0.05, 0.1) is 24.6 Å². The molecular weight excluding hydrogens is 254 g/mol. The van der Waals surface area contributed by atoms with E-state index in [1.807, 2.05) is 4.90 Å². The largest absolute Gasteiger partial charge is 0.382 e. The minimum atomic E-state index is 0.195. The molecule has 2 rings (SSSR count). The number of hydrogen-bond donors (Lipinski definition) is 2. The molecule has 1 unspecified atom stereocenters. The predicted octanol–water partition coefficient (Wildman–Crippen LogP) is 0.449.